The van der Waals surface area contributed by atoms with E-state index in [2.05, 4.69) is 41.8 Å². The number of morpholine rings is 1. The molecular formula is C17H26N2O2. The molecule has 1 aromatic rings. The largest absolute Gasteiger partial charge is 0.378 e. The zero-order valence-corrected chi connectivity index (χ0v) is 13.2. The minimum absolute atomic E-state index is 0.0579. The summed E-state index contributed by atoms with van der Waals surface area (Å²) in [5, 5.41) is 6.43. The highest BCUT2D eigenvalue weighted by Crippen LogP contribution is 2.21. The van der Waals surface area contributed by atoms with Crippen LogP contribution in [-0.4, -0.2) is 31.7 Å². The van der Waals surface area contributed by atoms with E-state index in [1.54, 1.807) is 0 Å². The first kappa shape index (κ1) is 16.0. The Kier molecular flexibility index (Phi) is 5.37. The van der Waals surface area contributed by atoms with Gasteiger partial charge in [0, 0.05) is 19.0 Å². The van der Waals surface area contributed by atoms with Gasteiger partial charge in [-0.05, 0) is 31.4 Å². The fraction of sp³-hybridized carbons (Fsp3) is 0.588. The van der Waals surface area contributed by atoms with Gasteiger partial charge >= 0.3 is 0 Å². The van der Waals surface area contributed by atoms with Crippen LogP contribution >= 0.6 is 0 Å². The van der Waals surface area contributed by atoms with Gasteiger partial charge in [-0.1, -0.05) is 31.2 Å². The molecule has 1 unspecified atom stereocenters. The first-order chi connectivity index (χ1) is 10.0. The molecule has 0 aliphatic carbocycles. The third kappa shape index (κ3) is 4.55. The maximum absolute atomic E-state index is 12.2. The van der Waals surface area contributed by atoms with Crippen LogP contribution in [0, 0.1) is 0 Å². The van der Waals surface area contributed by atoms with E-state index in [9.17, 15) is 4.79 Å². The van der Waals surface area contributed by atoms with Gasteiger partial charge in [-0.2, -0.15) is 0 Å². The molecule has 0 bridgehead atoms. The van der Waals surface area contributed by atoms with Gasteiger partial charge < -0.3 is 15.4 Å². The molecule has 4 heteroatoms. The van der Waals surface area contributed by atoms with E-state index in [0.29, 0.717) is 13.0 Å². The standard InChI is InChI=1S/C17H26N2O2/c1-4-13-5-7-14(8-6-13)17(2,3)19-16(20)11-15-12-21-10-9-18-15/h5-8,15,18H,4,9-12H2,1-3H3,(H,19,20). The van der Waals surface area contributed by atoms with E-state index in [1.807, 2.05) is 13.8 Å². The van der Waals surface area contributed by atoms with Gasteiger partial charge in [0.05, 0.1) is 18.8 Å². The normalized spacial score (nSPS) is 19.3. The summed E-state index contributed by atoms with van der Waals surface area (Å²) in [5.74, 6) is 0.0579. The lowest BCUT2D eigenvalue weighted by Gasteiger charge is -2.29. The van der Waals surface area contributed by atoms with Crippen LogP contribution in [0.1, 0.15) is 38.3 Å². The summed E-state index contributed by atoms with van der Waals surface area (Å²) in [7, 11) is 0. The summed E-state index contributed by atoms with van der Waals surface area (Å²) in [6, 6.07) is 8.57. The molecule has 1 amide bonds. The first-order valence-corrected chi connectivity index (χ1v) is 7.73. The zero-order chi connectivity index (χ0) is 15.3. The van der Waals surface area contributed by atoms with Crippen molar-refractivity contribution >= 4 is 5.91 Å². The second-order valence-corrected chi connectivity index (χ2v) is 6.15. The highest BCUT2D eigenvalue weighted by atomic mass is 16.5. The Morgan fingerprint density at radius 2 is 2.10 bits per heavy atom. The van der Waals surface area contributed by atoms with Crippen molar-refractivity contribution in [3.63, 3.8) is 0 Å². The van der Waals surface area contributed by atoms with E-state index >= 15 is 0 Å². The van der Waals surface area contributed by atoms with Crippen LogP contribution in [0.25, 0.3) is 0 Å². The fourth-order valence-corrected chi connectivity index (χ4v) is 2.60. The fourth-order valence-electron chi connectivity index (χ4n) is 2.60. The van der Waals surface area contributed by atoms with Gasteiger partial charge in [0.15, 0.2) is 0 Å². The summed E-state index contributed by atoms with van der Waals surface area (Å²) >= 11 is 0. The number of benzene rings is 1. The molecular weight excluding hydrogens is 264 g/mol. The van der Waals surface area contributed by atoms with Crippen molar-refractivity contribution in [3.8, 4) is 0 Å². The number of nitrogens with one attached hydrogen (secondary N) is 2. The van der Waals surface area contributed by atoms with Crippen LogP contribution in [0.5, 0.6) is 0 Å². The molecule has 2 N–H and O–H groups in total. The van der Waals surface area contributed by atoms with Crippen LogP contribution in [0.3, 0.4) is 0 Å². The molecule has 116 valence electrons. The number of aryl methyl sites for hydroxylation is 1. The summed E-state index contributed by atoms with van der Waals surface area (Å²) in [4.78, 5) is 12.2. The van der Waals surface area contributed by atoms with E-state index in [-0.39, 0.29) is 17.5 Å². The van der Waals surface area contributed by atoms with Gasteiger partial charge in [0.2, 0.25) is 5.91 Å². The minimum atomic E-state index is -0.362. The predicted octanol–water partition coefficient (Wildman–Crippen LogP) is 1.98. The molecule has 0 saturated carbocycles. The average molecular weight is 290 g/mol. The third-order valence-electron chi connectivity index (χ3n) is 3.97. The molecule has 0 spiro atoms. The first-order valence-electron chi connectivity index (χ1n) is 7.73. The number of hydrogen-bond acceptors (Lipinski definition) is 3. The molecule has 0 aromatic heterocycles. The summed E-state index contributed by atoms with van der Waals surface area (Å²) in [6.45, 7) is 8.38. The molecule has 0 radical (unpaired) electrons. The number of carbonyl (C=O) groups is 1. The molecule has 2 rings (SSSR count). The molecule has 1 fully saturated rings. The van der Waals surface area contributed by atoms with Crippen LogP contribution in [0.4, 0.5) is 0 Å². The molecule has 1 aromatic carbocycles. The van der Waals surface area contributed by atoms with Gasteiger partial charge in [-0.25, -0.2) is 0 Å². The molecule has 21 heavy (non-hydrogen) atoms. The number of rotatable bonds is 5. The van der Waals surface area contributed by atoms with Crippen molar-refractivity contribution in [3.05, 3.63) is 35.4 Å². The van der Waals surface area contributed by atoms with Crippen LogP contribution < -0.4 is 10.6 Å². The number of hydrogen-bond donors (Lipinski definition) is 2. The Balaban J connectivity index is 1.93. The quantitative estimate of drug-likeness (QED) is 0.872. The Labute approximate surface area is 127 Å². The second-order valence-electron chi connectivity index (χ2n) is 6.15. The minimum Gasteiger partial charge on any atom is -0.378 e. The molecule has 1 atom stereocenters. The third-order valence-corrected chi connectivity index (χ3v) is 3.97. The summed E-state index contributed by atoms with van der Waals surface area (Å²) < 4.78 is 5.38. The van der Waals surface area contributed by atoms with Gasteiger partial charge in [-0.3, -0.25) is 4.79 Å². The lowest BCUT2D eigenvalue weighted by molar-refractivity contribution is -0.124. The summed E-state index contributed by atoms with van der Waals surface area (Å²) in [6.07, 6.45) is 1.48. The van der Waals surface area contributed by atoms with Crippen molar-refractivity contribution in [1.29, 1.82) is 0 Å². The molecule has 4 nitrogen and oxygen atoms in total. The Morgan fingerprint density at radius 1 is 1.38 bits per heavy atom. The molecule has 1 aliphatic rings. The van der Waals surface area contributed by atoms with Crippen LogP contribution in [-0.2, 0) is 21.5 Å². The average Bonchev–Trinajstić information content (AvgIpc) is 2.47. The van der Waals surface area contributed by atoms with E-state index < -0.39 is 0 Å². The van der Waals surface area contributed by atoms with Crippen molar-refractivity contribution in [2.45, 2.75) is 45.2 Å². The maximum atomic E-state index is 12.2. The summed E-state index contributed by atoms with van der Waals surface area (Å²) in [5.41, 5.74) is 2.07. The van der Waals surface area contributed by atoms with Crippen molar-refractivity contribution < 1.29 is 9.53 Å². The highest BCUT2D eigenvalue weighted by molar-refractivity contribution is 5.77. The van der Waals surface area contributed by atoms with Crippen molar-refractivity contribution in [1.82, 2.24) is 10.6 Å². The lowest BCUT2D eigenvalue weighted by Crippen LogP contribution is -2.47. The monoisotopic (exact) mass is 290 g/mol. The van der Waals surface area contributed by atoms with Crippen LogP contribution in [0.15, 0.2) is 24.3 Å². The van der Waals surface area contributed by atoms with Crippen LogP contribution in [0.2, 0.25) is 0 Å². The van der Waals surface area contributed by atoms with Crippen molar-refractivity contribution in [2.24, 2.45) is 0 Å². The van der Waals surface area contributed by atoms with E-state index in [4.69, 9.17) is 4.74 Å². The van der Waals surface area contributed by atoms with Gasteiger partial charge in [0.25, 0.3) is 0 Å². The lowest BCUT2D eigenvalue weighted by atomic mass is 9.92. The number of carbonyl (C=O) groups excluding carboxylic acids is 1. The Bertz CT molecular complexity index is 462. The predicted molar refractivity (Wildman–Crippen MR) is 84.2 cm³/mol. The number of amides is 1. The Morgan fingerprint density at radius 3 is 2.67 bits per heavy atom. The highest BCUT2D eigenvalue weighted by Gasteiger charge is 2.25. The molecule has 1 saturated heterocycles. The zero-order valence-electron chi connectivity index (χ0n) is 13.2. The van der Waals surface area contributed by atoms with Gasteiger partial charge in [-0.15, -0.1) is 0 Å². The smallest absolute Gasteiger partial charge is 0.222 e. The van der Waals surface area contributed by atoms with Gasteiger partial charge in [0.1, 0.15) is 0 Å². The SMILES string of the molecule is CCc1ccc(C(C)(C)NC(=O)CC2COCCN2)cc1. The van der Waals surface area contributed by atoms with E-state index in [0.717, 1.165) is 25.1 Å². The number of ether oxygens (including phenoxy) is 1. The topological polar surface area (TPSA) is 50.4 Å². The molecule has 1 heterocycles. The molecule has 1 aliphatic heterocycles. The maximum Gasteiger partial charge on any atom is 0.222 e. The van der Waals surface area contributed by atoms with Crippen molar-refractivity contribution in [2.75, 3.05) is 19.8 Å². The van der Waals surface area contributed by atoms with E-state index in [1.165, 1.54) is 5.56 Å². The second kappa shape index (κ2) is 7.05. The Hall–Kier alpha value is -1.39.